The fourth-order valence-electron chi connectivity index (χ4n) is 11.5. The summed E-state index contributed by atoms with van der Waals surface area (Å²) >= 11 is 27.2. The third kappa shape index (κ3) is 22.9. The molecule has 1 aliphatic carbocycles. The van der Waals surface area contributed by atoms with Crippen LogP contribution in [0.25, 0.3) is 55.3 Å². The lowest BCUT2D eigenvalue weighted by Crippen LogP contribution is -2.32. The largest absolute Gasteiger partial charge is 0.505 e. The second-order valence-corrected chi connectivity index (χ2v) is 33.7. The number of fused-ring (bicyclic) bond motifs is 7. The van der Waals surface area contributed by atoms with Gasteiger partial charge < -0.3 is 50.6 Å². The lowest BCUT2D eigenvalue weighted by molar-refractivity contribution is 0.0951. The summed E-state index contributed by atoms with van der Waals surface area (Å²) < 4.78 is 13.0. The van der Waals surface area contributed by atoms with E-state index in [9.17, 15) is 69.3 Å². The number of aromatic hydroxyl groups is 7. The highest BCUT2D eigenvalue weighted by Gasteiger charge is 2.24. The smallest absolute Gasteiger partial charge is 0.270 e. The maximum atomic E-state index is 12.2. The van der Waals surface area contributed by atoms with Gasteiger partial charge in [0, 0.05) is 91.3 Å². The van der Waals surface area contributed by atoms with Crippen LogP contribution in [0.5, 0.6) is 40.2 Å². The fourth-order valence-corrected chi connectivity index (χ4v) is 14.5. The first-order valence-corrected chi connectivity index (χ1v) is 43.5. The molecule has 1 aliphatic rings. The van der Waals surface area contributed by atoms with Crippen molar-refractivity contribution in [3.05, 3.63) is 246 Å². The zero-order valence-electron chi connectivity index (χ0n) is 65.1. The van der Waals surface area contributed by atoms with Crippen molar-refractivity contribution in [3.8, 4) is 40.2 Å². The Hall–Kier alpha value is -8.32. The summed E-state index contributed by atoms with van der Waals surface area (Å²) in [4.78, 5) is 118. The molecular weight excluding hydrogens is 2230 g/mol. The quantitative estimate of drug-likeness (QED) is 0.0261. The second kappa shape index (κ2) is 44.0. The van der Waals surface area contributed by atoms with Gasteiger partial charge in [0.25, 0.3) is 39.3 Å². The molecule has 1 amide bonds. The summed E-state index contributed by atoms with van der Waals surface area (Å²) in [5.74, 6) is 0.935. The number of carbonyl (C=O) groups excluding carboxylic acids is 1. The molecular formula is C80H82BrCl2I5N16O14S. The van der Waals surface area contributed by atoms with E-state index in [-0.39, 0.29) is 123 Å². The van der Waals surface area contributed by atoms with Crippen LogP contribution in [0.15, 0.2) is 152 Å². The Balaban J connectivity index is 0.000000173. The highest BCUT2D eigenvalue weighted by molar-refractivity contribution is 14.1. The van der Waals surface area contributed by atoms with Crippen molar-refractivity contribution in [1.82, 2.24) is 76.8 Å². The molecule has 1 saturated carbocycles. The number of halogens is 8. The van der Waals surface area contributed by atoms with E-state index in [0.29, 0.717) is 107 Å². The van der Waals surface area contributed by atoms with Crippen LogP contribution in [-0.2, 0) is 32.5 Å². The topological polar surface area (TPSA) is 410 Å². The highest BCUT2D eigenvalue weighted by atomic mass is 127. The number of unbranched alkanes of at least 4 members (excludes halogenated alkanes) is 1. The lowest BCUT2D eigenvalue weighted by atomic mass is 10.1. The molecule has 9 N–H and O–H groups in total. The highest BCUT2D eigenvalue weighted by Crippen LogP contribution is 2.36. The number of nitrogens with zero attached hydrogens (tertiary/aromatic N) is 14. The van der Waals surface area contributed by atoms with Crippen LogP contribution in [0.4, 0.5) is 0 Å². The number of benzene rings is 3. The van der Waals surface area contributed by atoms with Gasteiger partial charge in [0.1, 0.15) is 32.6 Å². The molecule has 0 saturated heterocycles. The molecule has 3 aromatic carbocycles. The summed E-state index contributed by atoms with van der Waals surface area (Å²) in [5.41, 5.74) is 2.86. The first-order valence-electron chi connectivity index (χ1n) is 36.9. The maximum absolute atomic E-state index is 12.2. The number of pyridine rings is 4. The molecule has 0 radical (unpaired) electrons. The van der Waals surface area contributed by atoms with Gasteiger partial charge in [-0.25, -0.2) is 34.9 Å². The van der Waals surface area contributed by atoms with Crippen molar-refractivity contribution in [2.24, 2.45) is 5.92 Å². The van der Waals surface area contributed by atoms with Crippen molar-refractivity contribution in [1.29, 1.82) is 0 Å². The fraction of sp³-hybridized carbons (Fsp3) is 0.287. The van der Waals surface area contributed by atoms with Crippen LogP contribution >= 0.6 is 165 Å². The summed E-state index contributed by atoms with van der Waals surface area (Å²) in [6.07, 6.45) is 21.9. The van der Waals surface area contributed by atoms with Crippen molar-refractivity contribution < 1.29 is 40.5 Å². The molecule has 0 bridgehead atoms. The van der Waals surface area contributed by atoms with Gasteiger partial charge >= 0.3 is 0 Å². The number of hydrogen-bond acceptors (Lipinski definition) is 23. The Morgan fingerprint density at radius 2 is 1.08 bits per heavy atom. The van der Waals surface area contributed by atoms with E-state index in [4.69, 9.17) is 35.4 Å². The van der Waals surface area contributed by atoms with Crippen LogP contribution in [-0.4, -0.2) is 133 Å². The lowest BCUT2D eigenvalue weighted by Gasteiger charge is -2.17. The number of carbonyl (C=O) groups is 1. The van der Waals surface area contributed by atoms with E-state index in [1.807, 2.05) is 162 Å². The number of phenols is 3. The number of amides is 1. The number of aryl methyl sites for hydroxylation is 3. The van der Waals surface area contributed by atoms with Crippen molar-refractivity contribution in [2.75, 3.05) is 19.6 Å². The van der Waals surface area contributed by atoms with Gasteiger partial charge in [0.2, 0.25) is 0 Å². The van der Waals surface area contributed by atoms with E-state index in [2.05, 4.69) is 72.7 Å². The van der Waals surface area contributed by atoms with Gasteiger partial charge in [-0.3, -0.25) is 60.6 Å². The van der Waals surface area contributed by atoms with Gasteiger partial charge in [-0.05, 0) is 238 Å². The normalized spacial score (nSPS) is 11.5. The van der Waals surface area contributed by atoms with E-state index in [0.717, 1.165) is 54.4 Å². The number of aromatic amines is 1. The van der Waals surface area contributed by atoms with Gasteiger partial charge in [-0.2, -0.15) is 0 Å². The van der Waals surface area contributed by atoms with Crippen LogP contribution in [0.3, 0.4) is 0 Å². The molecule has 0 unspecified atom stereocenters. The standard InChI is InChI=1S/C13H15Cl2N3O2.C13H14IN3O3.C12H11IN2O2.C11H11IN2O2.C11H12N2O2.C10H9IN2O2.C10H9IN2OS.BrH/c1-3-18(4-2)6-9-16-11-10(13(20)17-9)7(14)5-8(15)12(11)19;1-2-3-5-15-12(19)8-7-16-11-10(18)9(14)4-6-17(11)13(8)20;13-9-4-3-8-10(11(9)16)14-6-15(12(8)17)5-7-1-2-7;1-2-3-7-6-13-10-9(15)8(12)4-5-14(10)11(7)16;1-7(2)8-6-12-10-9(14)4-3-5-13(10)11(8)15;1-2-6-5-12-9-8(14)7(11)3-4-13(9)10(6)15;1-2-13-5-12-8-6(10(13)15)3-4-7(11)9(8)14;/h5,19H,3-4,6H2,1-2H3,(H,16,17,20);4,6-7,18H,2-3,5H2,1H3,(H,15,19);3-4,6-7,16H,1-2,5H2;4-6,15H,2-3H2,1H3;3-7,14H,1-2H3;2*3-5,14H,2H2,1H3;1H. The molecule has 0 aliphatic heterocycles. The van der Waals surface area contributed by atoms with E-state index in [1.165, 1.54) is 67.4 Å². The molecule has 39 heteroatoms. The SMILES string of the molecule is Br.CC(C)c1cnc2c(O)cccn2c1=O.CCCCNC(=O)c1cnc2c(O)c(I)ccn2c1=O.CCCc1cnc2c(O)c(I)ccn2c1=O.CCN(CC)Cc1nc2c(O)c(Cl)cc(Cl)c2c(=O)[nH]1.CCc1cnc2c(O)c(I)ccn2c1=O.CCn1cnc2c(O)c(I)ccc2c1=S.O=c1c2ccc(I)c(O)c2ncn1CC1CC1. The summed E-state index contributed by atoms with van der Waals surface area (Å²) in [5, 5.41) is 72.9. The van der Waals surface area contributed by atoms with Gasteiger partial charge in [0.15, 0.2) is 62.8 Å². The third-order valence-corrected chi connectivity index (χ3v) is 23.8. The molecule has 30 nitrogen and oxygen atoms in total. The molecule has 11 aromatic heterocycles. The summed E-state index contributed by atoms with van der Waals surface area (Å²) in [6, 6.07) is 16.7. The van der Waals surface area contributed by atoms with Gasteiger partial charge in [-0.15, -0.1) is 17.0 Å². The van der Waals surface area contributed by atoms with Crippen LogP contribution in [0, 0.1) is 28.4 Å². The molecule has 0 spiro atoms. The number of hydrogen-bond donors (Lipinski definition) is 9. The minimum Gasteiger partial charge on any atom is -0.505 e. The third-order valence-electron chi connectivity index (χ3n) is 18.4. The van der Waals surface area contributed by atoms with Gasteiger partial charge in [-0.1, -0.05) is 96.7 Å². The van der Waals surface area contributed by atoms with Crippen molar-refractivity contribution in [2.45, 2.75) is 126 Å². The van der Waals surface area contributed by atoms with E-state index < -0.39 is 11.5 Å². The number of nitrogens with one attached hydrogen (secondary N) is 2. The molecule has 14 aromatic rings. The number of rotatable bonds is 15. The molecule has 11 heterocycles. The molecule has 15 rings (SSSR count). The molecule has 1 fully saturated rings. The second-order valence-electron chi connectivity index (χ2n) is 26.7. The minimum atomic E-state index is -0.490. The Morgan fingerprint density at radius 1 is 0.571 bits per heavy atom. The van der Waals surface area contributed by atoms with Crippen molar-refractivity contribution in [3.63, 3.8) is 0 Å². The molecule has 0 atom stereocenters. The van der Waals surface area contributed by atoms with Gasteiger partial charge in [0.05, 0.1) is 57.9 Å². The van der Waals surface area contributed by atoms with Crippen molar-refractivity contribution >= 4 is 227 Å². The number of phenolic OH excluding ortho intramolecular Hbond substituents is 3. The van der Waals surface area contributed by atoms with Crippen LogP contribution < -0.4 is 38.7 Å². The monoisotopic (exact) mass is 2310 g/mol. The minimum absolute atomic E-state index is 0. The summed E-state index contributed by atoms with van der Waals surface area (Å²) in [6.45, 7) is 20.1. The predicted octanol–water partition coefficient (Wildman–Crippen LogP) is 15.2. The Bertz CT molecular complexity index is 6470. The van der Waals surface area contributed by atoms with Crippen LogP contribution in [0.1, 0.15) is 126 Å². The predicted molar refractivity (Wildman–Crippen MR) is 510 cm³/mol. The number of H-pyrrole nitrogens is 1. The Morgan fingerprint density at radius 3 is 1.61 bits per heavy atom. The zero-order chi connectivity index (χ0) is 86.3. The molecule has 119 heavy (non-hydrogen) atoms. The van der Waals surface area contributed by atoms with E-state index >= 15 is 0 Å². The zero-order valence-corrected chi connectivity index (χ0v) is 79.9. The summed E-state index contributed by atoms with van der Waals surface area (Å²) in [7, 11) is 0. The maximum Gasteiger partial charge on any atom is 0.270 e. The Labute approximate surface area is 773 Å². The average Bonchev–Trinajstić information content (AvgIpc) is 1.54. The average molecular weight is 2310 g/mol. The Kier molecular flexibility index (Phi) is 35.5. The van der Waals surface area contributed by atoms with Crippen LogP contribution in [0.2, 0.25) is 10.0 Å². The first-order chi connectivity index (χ1) is 56.2. The molecule has 628 valence electrons. The number of aromatic nitrogens is 14. The van der Waals surface area contributed by atoms with E-state index in [1.54, 1.807) is 78.4 Å². The first kappa shape index (κ1) is 96.1.